The second-order valence-corrected chi connectivity index (χ2v) is 9.07. The van der Waals surface area contributed by atoms with Crippen molar-refractivity contribution in [1.29, 1.82) is 0 Å². The summed E-state index contributed by atoms with van der Waals surface area (Å²) >= 11 is 6.72. The molecule has 9 heteroatoms. The van der Waals surface area contributed by atoms with Crippen LogP contribution in [0.2, 0.25) is 0 Å². The van der Waals surface area contributed by atoms with Gasteiger partial charge in [-0.25, -0.2) is 0 Å². The largest absolute Gasteiger partial charge is 0.351 e. The number of rotatable bonds is 12. The van der Waals surface area contributed by atoms with Crippen LogP contribution in [0.3, 0.4) is 0 Å². The molecule has 3 atom stereocenters. The molecule has 3 amide bonds. The molecule has 0 saturated carbocycles. The molecule has 7 nitrogen and oxygen atoms in total. The average Bonchev–Trinajstić information content (AvgIpc) is 2.84. The zero-order valence-electron chi connectivity index (χ0n) is 18.0. The molecule has 1 aliphatic rings. The zero-order chi connectivity index (χ0) is 23.6. The lowest BCUT2D eigenvalue weighted by Gasteiger charge is -2.38. The lowest BCUT2D eigenvalue weighted by Crippen LogP contribution is -2.72. The normalized spacial score (nSPS) is 18.2. The van der Waals surface area contributed by atoms with E-state index in [1.54, 1.807) is 0 Å². The summed E-state index contributed by atoms with van der Waals surface area (Å²) in [6, 6.07) is 17.5. The van der Waals surface area contributed by atoms with E-state index in [1.165, 1.54) is 0 Å². The Morgan fingerprint density at radius 1 is 0.970 bits per heavy atom. The smallest absolute Gasteiger partial charge is 0.249 e. The van der Waals surface area contributed by atoms with Crippen molar-refractivity contribution in [2.45, 2.75) is 43.7 Å². The fourth-order valence-electron chi connectivity index (χ4n) is 3.41. The van der Waals surface area contributed by atoms with Gasteiger partial charge in [0, 0.05) is 23.5 Å². The first-order valence-electron chi connectivity index (χ1n) is 10.8. The van der Waals surface area contributed by atoms with Crippen molar-refractivity contribution in [3.8, 4) is 0 Å². The van der Waals surface area contributed by atoms with Gasteiger partial charge < -0.3 is 20.7 Å². The molecule has 2 aromatic rings. The number of alkyl halides is 2. The second kappa shape index (κ2) is 12.9. The predicted octanol–water partition coefficient (Wildman–Crippen LogP) is 2.46. The number of carbonyl (C=O) groups is 3. The van der Waals surface area contributed by atoms with E-state index >= 15 is 0 Å². The van der Waals surface area contributed by atoms with E-state index < -0.39 is 24.2 Å². The Morgan fingerprint density at radius 2 is 1.58 bits per heavy atom. The third-order valence-electron chi connectivity index (χ3n) is 5.27. The van der Waals surface area contributed by atoms with E-state index in [1.807, 2.05) is 60.7 Å². The topological polar surface area (TPSA) is 96.5 Å². The molecule has 1 aliphatic heterocycles. The molecule has 33 heavy (non-hydrogen) atoms. The number of aryl methyl sites for hydroxylation is 1. The third-order valence-corrected chi connectivity index (χ3v) is 6.71. The highest BCUT2D eigenvalue weighted by atomic mass is 79.9. The molecule has 0 bridgehead atoms. The number of nitrogens with one attached hydrogen (secondary N) is 3. The standard InChI is InChI=1S/C24H27Br2N3O4/c25-14-18(15-26)33-24-21(23(32)29-24)28-22(31)19(13-17-9-5-2-6-10-17)27-20(30)12-11-16-7-3-1-4-8-16/h1-10,18-19,21,24H,11-15H2,(H,27,30)(H,28,31)(H,29,32)/t19-,21+,24-/m0/s1. The van der Waals surface area contributed by atoms with Crippen molar-refractivity contribution in [1.82, 2.24) is 16.0 Å². The van der Waals surface area contributed by atoms with Crippen LogP contribution in [-0.2, 0) is 32.0 Å². The van der Waals surface area contributed by atoms with Crippen molar-refractivity contribution >= 4 is 49.6 Å². The fourth-order valence-corrected chi connectivity index (χ4v) is 4.79. The Bertz CT molecular complexity index is 926. The summed E-state index contributed by atoms with van der Waals surface area (Å²) in [5.41, 5.74) is 1.96. The molecule has 176 valence electrons. The van der Waals surface area contributed by atoms with Crippen molar-refractivity contribution in [2.24, 2.45) is 0 Å². The number of halogens is 2. The van der Waals surface area contributed by atoms with Crippen molar-refractivity contribution in [2.75, 3.05) is 10.7 Å². The SMILES string of the molecule is O=C(CCc1ccccc1)N[C@@H](Cc1ccccc1)C(=O)N[C@@H]1C(=O)N[C@H]1OC(CBr)CBr. The van der Waals surface area contributed by atoms with Gasteiger partial charge in [-0.15, -0.1) is 0 Å². The van der Waals surface area contributed by atoms with Crippen LogP contribution in [0.4, 0.5) is 0 Å². The maximum absolute atomic E-state index is 13.1. The Morgan fingerprint density at radius 3 is 2.15 bits per heavy atom. The van der Waals surface area contributed by atoms with Crippen molar-refractivity contribution < 1.29 is 19.1 Å². The van der Waals surface area contributed by atoms with Crippen LogP contribution in [0.15, 0.2) is 60.7 Å². The summed E-state index contributed by atoms with van der Waals surface area (Å²) < 4.78 is 5.81. The van der Waals surface area contributed by atoms with E-state index in [-0.39, 0.29) is 24.3 Å². The lowest BCUT2D eigenvalue weighted by atomic mass is 10.0. The quantitative estimate of drug-likeness (QED) is 0.265. The molecule has 1 heterocycles. The number of hydrogen-bond acceptors (Lipinski definition) is 4. The second-order valence-electron chi connectivity index (χ2n) is 7.78. The Hall–Kier alpha value is -2.23. The molecular formula is C24H27Br2N3O4. The fraction of sp³-hybridized carbons (Fsp3) is 0.375. The number of amides is 3. The number of hydrogen-bond donors (Lipinski definition) is 3. The van der Waals surface area contributed by atoms with Crippen LogP contribution in [0.25, 0.3) is 0 Å². The summed E-state index contributed by atoms with van der Waals surface area (Å²) in [5, 5.41) is 9.42. The van der Waals surface area contributed by atoms with Gasteiger partial charge in [-0.2, -0.15) is 0 Å². The van der Waals surface area contributed by atoms with Gasteiger partial charge in [0.2, 0.25) is 17.7 Å². The van der Waals surface area contributed by atoms with E-state index in [9.17, 15) is 14.4 Å². The molecule has 0 unspecified atom stereocenters. The lowest BCUT2D eigenvalue weighted by molar-refractivity contribution is -0.154. The van der Waals surface area contributed by atoms with Crippen LogP contribution in [-0.4, -0.2) is 52.8 Å². The molecule has 3 rings (SSSR count). The van der Waals surface area contributed by atoms with Gasteiger partial charge in [0.25, 0.3) is 0 Å². The Labute approximate surface area is 210 Å². The minimum absolute atomic E-state index is 0.159. The van der Waals surface area contributed by atoms with Gasteiger partial charge in [0.1, 0.15) is 6.04 Å². The van der Waals surface area contributed by atoms with E-state index in [2.05, 4.69) is 47.8 Å². The van der Waals surface area contributed by atoms with Crippen LogP contribution in [0, 0.1) is 0 Å². The van der Waals surface area contributed by atoms with Crippen LogP contribution < -0.4 is 16.0 Å². The van der Waals surface area contributed by atoms with Gasteiger partial charge >= 0.3 is 0 Å². The Kier molecular flexibility index (Phi) is 9.90. The average molecular weight is 581 g/mol. The highest BCUT2D eigenvalue weighted by Crippen LogP contribution is 2.14. The summed E-state index contributed by atoms with van der Waals surface area (Å²) in [7, 11) is 0. The van der Waals surface area contributed by atoms with Crippen LogP contribution >= 0.6 is 31.9 Å². The third kappa shape index (κ3) is 7.65. The van der Waals surface area contributed by atoms with Crippen molar-refractivity contribution in [3.63, 3.8) is 0 Å². The minimum Gasteiger partial charge on any atom is -0.351 e. The molecule has 2 aromatic carbocycles. The highest BCUT2D eigenvalue weighted by Gasteiger charge is 2.43. The van der Waals surface area contributed by atoms with E-state index in [0.717, 1.165) is 11.1 Å². The zero-order valence-corrected chi connectivity index (χ0v) is 21.2. The maximum atomic E-state index is 13.1. The van der Waals surface area contributed by atoms with E-state index in [4.69, 9.17) is 4.74 Å². The molecule has 0 radical (unpaired) electrons. The molecule has 1 fully saturated rings. The molecular weight excluding hydrogens is 554 g/mol. The first-order chi connectivity index (χ1) is 16.0. The van der Waals surface area contributed by atoms with Gasteiger partial charge in [-0.1, -0.05) is 92.5 Å². The first kappa shape index (κ1) is 25.4. The van der Waals surface area contributed by atoms with Gasteiger partial charge in [-0.05, 0) is 17.5 Å². The number of carbonyl (C=O) groups excluding carboxylic acids is 3. The monoisotopic (exact) mass is 579 g/mol. The molecule has 0 spiro atoms. The predicted molar refractivity (Wildman–Crippen MR) is 133 cm³/mol. The number of ether oxygens (including phenoxy) is 1. The minimum atomic E-state index is -0.812. The number of benzene rings is 2. The van der Waals surface area contributed by atoms with Crippen molar-refractivity contribution in [3.05, 3.63) is 71.8 Å². The van der Waals surface area contributed by atoms with Crippen LogP contribution in [0.5, 0.6) is 0 Å². The molecule has 0 aliphatic carbocycles. The molecule has 1 saturated heterocycles. The maximum Gasteiger partial charge on any atom is 0.249 e. The van der Waals surface area contributed by atoms with Gasteiger partial charge in [0.15, 0.2) is 12.3 Å². The summed E-state index contributed by atoms with van der Waals surface area (Å²) in [6.07, 6.45) is 0.375. The summed E-state index contributed by atoms with van der Waals surface area (Å²) in [5.74, 6) is -0.959. The summed E-state index contributed by atoms with van der Waals surface area (Å²) in [6.45, 7) is 0. The van der Waals surface area contributed by atoms with Gasteiger partial charge in [-0.3, -0.25) is 14.4 Å². The molecule has 0 aromatic heterocycles. The number of β-lactam (4-membered cyclic amide) rings is 1. The highest BCUT2D eigenvalue weighted by molar-refractivity contribution is 9.09. The Balaban J connectivity index is 1.63. The van der Waals surface area contributed by atoms with E-state index in [0.29, 0.717) is 23.5 Å². The first-order valence-corrected chi connectivity index (χ1v) is 13.0. The van der Waals surface area contributed by atoms with Gasteiger partial charge in [0.05, 0.1) is 6.10 Å². The summed E-state index contributed by atoms with van der Waals surface area (Å²) in [4.78, 5) is 37.8. The molecule has 3 N–H and O–H groups in total. The van der Waals surface area contributed by atoms with Crippen LogP contribution in [0.1, 0.15) is 17.5 Å².